The molecule has 21 heavy (non-hydrogen) atoms. The van der Waals surface area contributed by atoms with E-state index in [1.807, 2.05) is 20.8 Å². The van der Waals surface area contributed by atoms with Crippen LogP contribution in [0.5, 0.6) is 0 Å². The Kier molecular flexibility index (Phi) is 4.16. The molecule has 1 saturated carbocycles. The fourth-order valence-electron chi connectivity index (χ4n) is 2.45. The van der Waals surface area contributed by atoms with Crippen LogP contribution in [0.2, 0.25) is 0 Å². The summed E-state index contributed by atoms with van der Waals surface area (Å²) in [4.78, 5) is 22.6. The van der Waals surface area contributed by atoms with Gasteiger partial charge in [-0.15, -0.1) is 0 Å². The summed E-state index contributed by atoms with van der Waals surface area (Å²) < 4.78 is 0. The normalized spacial score (nSPS) is 14.6. The largest absolute Gasteiger partial charge is 0.374 e. The summed E-state index contributed by atoms with van der Waals surface area (Å²) in [6.07, 6.45) is 2.26. The molecular weight excluding hydrogens is 270 g/mol. The van der Waals surface area contributed by atoms with Gasteiger partial charge < -0.3 is 10.6 Å². The second-order valence-corrected chi connectivity index (χ2v) is 5.97. The van der Waals surface area contributed by atoms with Crippen molar-refractivity contribution in [2.45, 2.75) is 39.2 Å². The van der Waals surface area contributed by atoms with Gasteiger partial charge in [-0.1, -0.05) is 0 Å². The van der Waals surface area contributed by atoms with Crippen LogP contribution >= 0.6 is 0 Å². The van der Waals surface area contributed by atoms with E-state index in [4.69, 9.17) is 0 Å². The van der Waals surface area contributed by atoms with Crippen LogP contribution in [-0.4, -0.2) is 22.9 Å². The fourth-order valence-corrected chi connectivity index (χ4v) is 2.45. The number of hydrogen-bond donors (Lipinski definition) is 2. The Bertz CT molecular complexity index is 565. The van der Waals surface area contributed by atoms with Gasteiger partial charge in [-0.05, 0) is 51.7 Å². The first kappa shape index (κ1) is 15.3. The van der Waals surface area contributed by atoms with Crippen LogP contribution in [0.3, 0.4) is 0 Å². The molecule has 1 fully saturated rings. The summed E-state index contributed by atoms with van der Waals surface area (Å²) in [5.74, 6) is 0.296. The molecule has 1 aliphatic rings. The molecule has 2 N–H and O–H groups in total. The first-order valence-electron chi connectivity index (χ1n) is 7.20. The maximum Gasteiger partial charge on any atom is 0.292 e. The predicted octanol–water partition coefficient (Wildman–Crippen LogP) is 2.95. The van der Waals surface area contributed by atoms with Crippen molar-refractivity contribution in [2.24, 2.45) is 5.92 Å². The first-order valence-corrected chi connectivity index (χ1v) is 7.20. The van der Waals surface area contributed by atoms with E-state index < -0.39 is 4.92 Å². The molecule has 0 aliphatic heterocycles. The number of nitro groups is 1. The number of nitrogens with zero attached hydrogens (tertiary/aromatic N) is 1. The maximum atomic E-state index is 11.9. The van der Waals surface area contributed by atoms with E-state index in [0.29, 0.717) is 23.7 Å². The highest BCUT2D eigenvalue weighted by Crippen LogP contribution is 2.42. The minimum absolute atomic E-state index is 0.00299. The third kappa shape index (κ3) is 3.51. The number of nitro benzene ring substituents is 1. The molecule has 1 aromatic rings. The molecular formula is C15H21N3O3. The van der Waals surface area contributed by atoms with E-state index in [9.17, 15) is 14.9 Å². The molecule has 0 bridgehead atoms. The number of carbonyl (C=O) groups is 1. The van der Waals surface area contributed by atoms with Crippen LogP contribution in [0.1, 0.15) is 44.0 Å². The van der Waals surface area contributed by atoms with Crippen molar-refractivity contribution in [1.82, 2.24) is 5.32 Å². The van der Waals surface area contributed by atoms with Crippen LogP contribution in [0.25, 0.3) is 0 Å². The summed E-state index contributed by atoms with van der Waals surface area (Å²) in [6, 6.07) is 4.43. The second-order valence-electron chi connectivity index (χ2n) is 5.97. The van der Waals surface area contributed by atoms with Crippen molar-refractivity contribution in [1.29, 1.82) is 0 Å². The van der Waals surface area contributed by atoms with E-state index in [0.717, 1.165) is 12.8 Å². The number of anilines is 1. The average Bonchev–Trinajstić information content (AvgIpc) is 3.22. The molecule has 0 heterocycles. The van der Waals surface area contributed by atoms with Crippen molar-refractivity contribution >= 4 is 17.3 Å². The van der Waals surface area contributed by atoms with Gasteiger partial charge in [0.15, 0.2) is 0 Å². The highest BCUT2D eigenvalue weighted by atomic mass is 16.6. The smallest absolute Gasteiger partial charge is 0.292 e. The number of carbonyl (C=O) groups excluding carboxylic acids is 1. The van der Waals surface area contributed by atoms with Crippen LogP contribution in [0, 0.1) is 16.0 Å². The monoisotopic (exact) mass is 291 g/mol. The van der Waals surface area contributed by atoms with Gasteiger partial charge in [0.25, 0.3) is 11.6 Å². The molecule has 0 aromatic heterocycles. The molecule has 1 aromatic carbocycles. The van der Waals surface area contributed by atoms with Gasteiger partial charge in [0, 0.05) is 23.7 Å². The zero-order chi connectivity index (χ0) is 15.6. The highest BCUT2D eigenvalue weighted by Gasteiger charge is 2.38. The van der Waals surface area contributed by atoms with Crippen LogP contribution < -0.4 is 10.6 Å². The van der Waals surface area contributed by atoms with E-state index >= 15 is 0 Å². The Labute approximate surface area is 124 Å². The highest BCUT2D eigenvalue weighted by molar-refractivity contribution is 5.95. The Balaban J connectivity index is 2.32. The van der Waals surface area contributed by atoms with Crippen molar-refractivity contribution in [3.8, 4) is 0 Å². The van der Waals surface area contributed by atoms with E-state index in [1.54, 1.807) is 6.07 Å². The molecule has 1 amide bonds. The summed E-state index contributed by atoms with van der Waals surface area (Å²) in [5, 5.41) is 17.1. The molecule has 0 saturated heterocycles. The van der Waals surface area contributed by atoms with Crippen LogP contribution in [0.15, 0.2) is 18.2 Å². The van der Waals surface area contributed by atoms with Crippen molar-refractivity contribution in [3.63, 3.8) is 0 Å². The van der Waals surface area contributed by atoms with Crippen molar-refractivity contribution in [2.75, 3.05) is 11.9 Å². The molecule has 0 radical (unpaired) electrons. The van der Waals surface area contributed by atoms with E-state index in [-0.39, 0.29) is 17.1 Å². The summed E-state index contributed by atoms with van der Waals surface area (Å²) in [7, 11) is 0. The predicted molar refractivity (Wildman–Crippen MR) is 81.5 cm³/mol. The van der Waals surface area contributed by atoms with Crippen LogP contribution in [0.4, 0.5) is 11.4 Å². The molecule has 0 spiro atoms. The van der Waals surface area contributed by atoms with Gasteiger partial charge in [0.2, 0.25) is 0 Å². The quantitative estimate of drug-likeness (QED) is 0.623. The third-order valence-corrected chi connectivity index (χ3v) is 3.85. The van der Waals surface area contributed by atoms with Gasteiger partial charge in [0.1, 0.15) is 5.69 Å². The number of hydrogen-bond acceptors (Lipinski definition) is 4. The van der Waals surface area contributed by atoms with Gasteiger partial charge in [-0.25, -0.2) is 0 Å². The summed E-state index contributed by atoms with van der Waals surface area (Å²) >= 11 is 0. The standard InChI is InChI=1S/C15H21N3O3/c1-4-16-14(19)10-5-8-13(18(20)21)12(9-10)17-15(2,3)11-6-7-11/h5,8-9,11,17H,4,6-7H2,1-3H3,(H,16,19). The molecule has 0 unspecified atom stereocenters. The van der Waals surface area contributed by atoms with Crippen molar-refractivity contribution in [3.05, 3.63) is 33.9 Å². The Hall–Kier alpha value is -2.11. The minimum atomic E-state index is -0.424. The average molecular weight is 291 g/mol. The summed E-state index contributed by atoms with van der Waals surface area (Å²) in [6.45, 7) is 6.42. The van der Waals surface area contributed by atoms with Gasteiger partial charge in [-0.3, -0.25) is 14.9 Å². The lowest BCUT2D eigenvalue weighted by atomic mass is 9.97. The van der Waals surface area contributed by atoms with E-state index in [1.165, 1.54) is 12.1 Å². The fraction of sp³-hybridized carbons (Fsp3) is 0.533. The molecule has 1 aliphatic carbocycles. The molecule has 114 valence electrons. The second kappa shape index (κ2) is 5.71. The topological polar surface area (TPSA) is 84.3 Å². The van der Waals surface area contributed by atoms with Gasteiger partial charge in [-0.2, -0.15) is 0 Å². The lowest BCUT2D eigenvalue weighted by Gasteiger charge is -2.27. The van der Waals surface area contributed by atoms with E-state index in [2.05, 4.69) is 10.6 Å². The first-order chi connectivity index (χ1) is 9.85. The number of amides is 1. The maximum absolute atomic E-state index is 11.9. The zero-order valence-electron chi connectivity index (χ0n) is 12.6. The molecule has 0 atom stereocenters. The minimum Gasteiger partial charge on any atom is -0.374 e. The van der Waals surface area contributed by atoms with Crippen LogP contribution in [-0.2, 0) is 0 Å². The SMILES string of the molecule is CCNC(=O)c1ccc([N+](=O)[O-])c(NC(C)(C)C2CC2)c1. The van der Waals surface area contributed by atoms with Gasteiger partial charge >= 0.3 is 0 Å². The number of benzene rings is 1. The lowest BCUT2D eigenvalue weighted by molar-refractivity contribution is -0.384. The lowest BCUT2D eigenvalue weighted by Crippen LogP contribution is -2.33. The summed E-state index contributed by atoms with van der Waals surface area (Å²) in [5.41, 5.74) is 0.610. The number of nitrogens with one attached hydrogen (secondary N) is 2. The van der Waals surface area contributed by atoms with Crippen molar-refractivity contribution < 1.29 is 9.72 Å². The Morgan fingerprint density at radius 1 is 1.43 bits per heavy atom. The third-order valence-electron chi connectivity index (χ3n) is 3.85. The zero-order valence-corrected chi connectivity index (χ0v) is 12.6. The molecule has 6 nitrogen and oxygen atoms in total. The Morgan fingerprint density at radius 3 is 2.62 bits per heavy atom. The van der Waals surface area contributed by atoms with Gasteiger partial charge in [0.05, 0.1) is 4.92 Å². The number of rotatable bonds is 6. The Morgan fingerprint density at radius 2 is 2.10 bits per heavy atom. The molecule has 2 rings (SSSR count). The molecule has 6 heteroatoms.